The minimum Gasteiger partial charge on any atom is -0.192 e. The summed E-state index contributed by atoms with van der Waals surface area (Å²) in [5.41, 5.74) is 1.71. The smallest absolute Gasteiger partial charge is 0.100 e. The Morgan fingerprint density at radius 3 is 2.56 bits per heavy atom. The molecule has 0 aliphatic heterocycles. The van der Waals surface area contributed by atoms with Crippen molar-refractivity contribution in [2.75, 3.05) is 0 Å². The van der Waals surface area contributed by atoms with Gasteiger partial charge in [0, 0.05) is 14.8 Å². The SMILES string of the molecule is Cc1ccc(Sc2cc(Cl)ccc2Cl)c(C#N)c1. The number of hydrogen-bond donors (Lipinski definition) is 0. The lowest BCUT2D eigenvalue weighted by atomic mass is 10.2. The number of halogens is 2. The molecule has 0 heterocycles. The molecule has 0 aromatic heterocycles. The third kappa shape index (κ3) is 3.00. The van der Waals surface area contributed by atoms with Crippen LogP contribution in [0.4, 0.5) is 0 Å². The molecule has 0 atom stereocenters. The Hall–Kier alpha value is -1.14. The van der Waals surface area contributed by atoms with Gasteiger partial charge in [0.15, 0.2) is 0 Å². The quantitative estimate of drug-likeness (QED) is 0.748. The molecule has 0 unspecified atom stereocenters. The second kappa shape index (κ2) is 5.67. The van der Waals surface area contributed by atoms with Gasteiger partial charge in [-0.15, -0.1) is 0 Å². The zero-order valence-corrected chi connectivity index (χ0v) is 11.9. The molecule has 18 heavy (non-hydrogen) atoms. The summed E-state index contributed by atoms with van der Waals surface area (Å²) in [6, 6.07) is 13.3. The van der Waals surface area contributed by atoms with Gasteiger partial charge in [-0.05, 0) is 42.8 Å². The highest BCUT2D eigenvalue weighted by Crippen LogP contribution is 2.36. The van der Waals surface area contributed by atoms with Crippen LogP contribution in [0.5, 0.6) is 0 Å². The third-order valence-electron chi connectivity index (χ3n) is 2.37. The normalized spacial score (nSPS) is 10.1. The average Bonchev–Trinajstić information content (AvgIpc) is 2.36. The molecule has 4 heteroatoms. The van der Waals surface area contributed by atoms with Crippen LogP contribution in [0.1, 0.15) is 11.1 Å². The minimum absolute atomic E-state index is 0.632. The van der Waals surface area contributed by atoms with Gasteiger partial charge in [0.25, 0.3) is 0 Å². The molecule has 0 aliphatic rings. The predicted octanol–water partition coefficient (Wildman–Crippen LogP) is 5.32. The Kier molecular flexibility index (Phi) is 4.19. The van der Waals surface area contributed by atoms with Crippen molar-refractivity contribution in [2.24, 2.45) is 0 Å². The van der Waals surface area contributed by atoms with E-state index in [1.165, 1.54) is 11.8 Å². The number of aryl methyl sites for hydroxylation is 1. The van der Waals surface area contributed by atoms with E-state index in [-0.39, 0.29) is 0 Å². The zero-order valence-electron chi connectivity index (χ0n) is 9.58. The fourth-order valence-electron chi connectivity index (χ4n) is 1.49. The third-order valence-corrected chi connectivity index (χ3v) is 4.18. The highest BCUT2D eigenvalue weighted by atomic mass is 35.5. The first kappa shape index (κ1) is 13.3. The molecule has 0 saturated heterocycles. The monoisotopic (exact) mass is 293 g/mol. The first-order valence-electron chi connectivity index (χ1n) is 5.24. The maximum absolute atomic E-state index is 9.12. The molecule has 0 amide bonds. The van der Waals surface area contributed by atoms with E-state index in [2.05, 4.69) is 6.07 Å². The lowest BCUT2D eigenvalue weighted by Crippen LogP contribution is -1.84. The lowest BCUT2D eigenvalue weighted by molar-refractivity contribution is 1.31. The van der Waals surface area contributed by atoms with Gasteiger partial charge in [0.1, 0.15) is 6.07 Å². The minimum atomic E-state index is 0.632. The topological polar surface area (TPSA) is 23.8 Å². The van der Waals surface area contributed by atoms with Gasteiger partial charge in [-0.3, -0.25) is 0 Å². The molecule has 0 saturated carbocycles. The molecule has 0 radical (unpaired) electrons. The van der Waals surface area contributed by atoms with Crippen molar-refractivity contribution < 1.29 is 0 Å². The molecule has 2 aromatic rings. The van der Waals surface area contributed by atoms with E-state index in [4.69, 9.17) is 28.5 Å². The van der Waals surface area contributed by atoms with Gasteiger partial charge < -0.3 is 0 Å². The molecule has 2 aromatic carbocycles. The van der Waals surface area contributed by atoms with Crippen molar-refractivity contribution in [3.05, 3.63) is 57.6 Å². The summed E-state index contributed by atoms with van der Waals surface area (Å²) < 4.78 is 0. The maximum atomic E-state index is 9.12. The van der Waals surface area contributed by atoms with Gasteiger partial charge >= 0.3 is 0 Å². The van der Waals surface area contributed by atoms with E-state index in [0.717, 1.165) is 15.4 Å². The predicted molar refractivity (Wildman–Crippen MR) is 76.5 cm³/mol. The van der Waals surface area contributed by atoms with Gasteiger partial charge in [-0.1, -0.05) is 41.0 Å². The summed E-state index contributed by atoms with van der Waals surface area (Å²) in [5, 5.41) is 10.4. The average molecular weight is 294 g/mol. The summed E-state index contributed by atoms with van der Waals surface area (Å²) >= 11 is 13.5. The van der Waals surface area contributed by atoms with E-state index in [9.17, 15) is 0 Å². The van der Waals surface area contributed by atoms with Crippen molar-refractivity contribution >= 4 is 35.0 Å². The number of benzene rings is 2. The number of rotatable bonds is 2. The zero-order chi connectivity index (χ0) is 13.1. The Morgan fingerprint density at radius 2 is 1.83 bits per heavy atom. The van der Waals surface area contributed by atoms with Crippen LogP contribution in [-0.2, 0) is 0 Å². The van der Waals surface area contributed by atoms with Crippen molar-refractivity contribution in [2.45, 2.75) is 16.7 Å². The first-order chi connectivity index (χ1) is 8.60. The summed E-state index contributed by atoms with van der Waals surface area (Å²) in [4.78, 5) is 1.73. The van der Waals surface area contributed by atoms with E-state index >= 15 is 0 Å². The van der Waals surface area contributed by atoms with Crippen LogP contribution in [0.25, 0.3) is 0 Å². The molecule has 0 spiro atoms. The molecule has 1 nitrogen and oxygen atoms in total. The van der Waals surface area contributed by atoms with E-state index in [1.807, 2.05) is 25.1 Å². The molecule has 2 rings (SSSR count). The molecule has 0 aliphatic carbocycles. The van der Waals surface area contributed by atoms with E-state index in [0.29, 0.717) is 15.6 Å². The van der Waals surface area contributed by atoms with Crippen LogP contribution in [0.15, 0.2) is 46.2 Å². The van der Waals surface area contributed by atoms with Crippen LogP contribution < -0.4 is 0 Å². The van der Waals surface area contributed by atoms with Crippen LogP contribution in [0.2, 0.25) is 10.0 Å². The molecule has 0 N–H and O–H groups in total. The van der Waals surface area contributed by atoms with Crippen molar-refractivity contribution in [1.82, 2.24) is 0 Å². The number of hydrogen-bond acceptors (Lipinski definition) is 2. The van der Waals surface area contributed by atoms with E-state index in [1.54, 1.807) is 18.2 Å². The van der Waals surface area contributed by atoms with Crippen LogP contribution >= 0.6 is 35.0 Å². The summed E-state index contributed by atoms with van der Waals surface area (Å²) in [6.07, 6.45) is 0. The Bertz CT molecular complexity index is 632. The molecular formula is C14H9Cl2NS. The van der Waals surface area contributed by atoms with Crippen molar-refractivity contribution in [3.8, 4) is 6.07 Å². The maximum Gasteiger partial charge on any atom is 0.100 e. The number of nitriles is 1. The first-order valence-corrected chi connectivity index (χ1v) is 6.81. The molecule has 0 bridgehead atoms. The summed E-state index contributed by atoms with van der Waals surface area (Å²) in [7, 11) is 0. The fourth-order valence-corrected chi connectivity index (χ4v) is 2.90. The fraction of sp³-hybridized carbons (Fsp3) is 0.0714. The van der Waals surface area contributed by atoms with Crippen LogP contribution in [0, 0.1) is 18.3 Å². The van der Waals surface area contributed by atoms with Gasteiger partial charge in [-0.25, -0.2) is 0 Å². The summed E-state index contributed by atoms with van der Waals surface area (Å²) in [5.74, 6) is 0. The van der Waals surface area contributed by atoms with Crippen molar-refractivity contribution in [1.29, 1.82) is 5.26 Å². The van der Waals surface area contributed by atoms with Crippen molar-refractivity contribution in [3.63, 3.8) is 0 Å². The largest absolute Gasteiger partial charge is 0.192 e. The Labute approximate surface area is 120 Å². The molecule has 0 fully saturated rings. The van der Waals surface area contributed by atoms with E-state index < -0.39 is 0 Å². The second-order valence-corrected chi connectivity index (χ2v) is 5.72. The molecular weight excluding hydrogens is 285 g/mol. The number of nitrogens with zero attached hydrogens (tertiary/aromatic N) is 1. The van der Waals surface area contributed by atoms with Crippen LogP contribution in [-0.4, -0.2) is 0 Å². The Balaban J connectivity index is 2.40. The van der Waals surface area contributed by atoms with Gasteiger partial charge in [0.2, 0.25) is 0 Å². The summed E-state index contributed by atoms with van der Waals surface area (Å²) in [6.45, 7) is 1.96. The van der Waals surface area contributed by atoms with Gasteiger partial charge in [0.05, 0.1) is 10.6 Å². The van der Waals surface area contributed by atoms with Gasteiger partial charge in [-0.2, -0.15) is 5.26 Å². The molecule has 90 valence electrons. The standard InChI is InChI=1S/C14H9Cl2NS/c1-9-2-5-13(10(6-9)8-17)18-14-7-11(15)3-4-12(14)16/h2-7H,1H3. The van der Waals surface area contributed by atoms with Crippen LogP contribution in [0.3, 0.4) is 0 Å². The Morgan fingerprint density at radius 1 is 1.06 bits per heavy atom. The highest BCUT2D eigenvalue weighted by Gasteiger charge is 2.08. The highest BCUT2D eigenvalue weighted by molar-refractivity contribution is 7.99. The second-order valence-electron chi connectivity index (χ2n) is 3.79. The lowest BCUT2D eigenvalue weighted by Gasteiger charge is -2.07.